The van der Waals surface area contributed by atoms with Crippen LogP contribution in [-0.4, -0.2) is 24.3 Å². The maximum Gasteiger partial charge on any atom is 0.336 e. The molecule has 25 heavy (non-hydrogen) atoms. The summed E-state index contributed by atoms with van der Waals surface area (Å²) < 4.78 is 9.83. The van der Waals surface area contributed by atoms with Crippen molar-refractivity contribution in [2.24, 2.45) is 0 Å². The third-order valence-corrected chi connectivity index (χ3v) is 3.21. The second kappa shape index (κ2) is 9.17. The summed E-state index contributed by atoms with van der Waals surface area (Å²) in [5, 5.41) is 0. The van der Waals surface area contributed by atoms with Crippen LogP contribution in [0.5, 0.6) is 5.75 Å². The molecule has 0 aliphatic heterocycles. The molecule has 0 heterocycles. The summed E-state index contributed by atoms with van der Waals surface area (Å²) in [5.41, 5.74) is 1.89. The van der Waals surface area contributed by atoms with Crippen LogP contribution in [-0.2, 0) is 25.5 Å². The van der Waals surface area contributed by atoms with Gasteiger partial charge in [-0.05, 0) is 24.6 Å². The number of ketones is 1. The maximum atomic E-state index is 11.7. The predicted molar refractivity (Wildman–Crippen MR) is 92.1 cm³/mol. The summed E-state index contributed by atoms with van der Waals surface area (Å²) in [6, 6.07) is 16.1. The van der Waals surface area contributed by atoms with Crippen LogP contribution in [0.15, 0.2) is 66.7 Å². The number of ether oxygens (including phenoxy) is 2. The van der Waals surface area contributed by atoms with Crippen LogP contribution < -0.4 is 4.74 Å². The van der Waals surface area contributed by atoms with Gasteiger partial charge in [-0.3, -0.25) is 4.79 Å². The van der Waals surface area contributed by atoms with Gasteiger partial charge in [-0.25, -0.2) is 9.59 Å². The summed E-state index contributed by atoms with van der Waals surface area (Å²) in [6.07, 6.45) is 2.09. The van der Waals surface area contributed by atoms with Gasteiger partial charge in [0.2, 0.25) is 0 Å². The zero-order valence-electron chi connectivity index (χ0n) is 13.8. The Bertz CT molecular complexity index is 760. The quantitative estimate of drug-likeness (QED) is 0.441. The Labute approximate surface area is 145 Å². The van der Waals surface area contributed by atoms with Crippen molar-refractivity contribution in [2.45, 2.75) is 13.3 Å². The number of hydrogen-bond donors (Lipinski definition) is 0. The lowest BCUT2D eigenvalue weighted by Crippen LogP contribution is -2.15. The van der Waals surface area contributed by atoms with Crippen LogP contribution >= 0.6 is 0 Å². The van der Waals surface area contributed by atoms with E-state index in [0.29, 0.717) is 5.75 Å². The molecule has 0 atom stereocenters. The minimum atomic E-state index is -0.776. The smallest absolute Gasteiger partial charge is 0.336 e. The molecule has 2 rings (SSSR count). The zero-order chi connectivity index (χ0) is 18.1. The molecule has 0 radical (unpaired) electrons. The van der Waals surface area contributed by atoms with Crippen LogP contribution in [0.4, 0.5) is 0 Å². The van der Waals surface area contributed by atoms with Crippen LogP contribution in [0.3, 0.4) is 0 Å². The van der Waals surface area contributed by atoms with Gasteiger partial charge in [0.1, 0.15) is 5.75 Å². The highest BCUT2D eigenvalue weighted by Crippen LogP contribution is 2.11. The molecule has 0 saturated heterocycles. The molecule has 2 aromatic rings. The highest BCUT2D eigenvalue weighted by atomic mass is 16.5. The first-order valence-electron chi connectivity index (χ1n) is 7.72. The van der Waals surface area contributed by atoms with Gasteiger partial charge in [-0.1, -0.05) is 48.0 Å². The van der Waals surface area contributed by atoms with Gasteiger partial charge >= 0.3 is 11.9 Å². The fourth-order valence-corrected chi connectivity index (χ4v) is 1.97. The Morgan fingerprint density at radius 3 is 2.20 bits per heavy atom. The summed E-state index contributed by atoms with van der Waals surface area (Å²) >= 11 is 0. The first-order chi connectivity index (χ1) is 12.0. The van der Waals surface area contributed by atoms with Gasteiger partial charge in [-0.2, -0.15) is 0 Å². The zero-order valence-corrected chi connectivity index (χ0v) is 13.8. The Kier molecular flexibility index (Phi) is 6.65. The topological polar surface area (TPSA) is 69.7 Å². The molecular weight excluding hydrogens is 320 g/mol. The standard InChI is InChI=1S/C20H18O5/c1-15-7-9-18(10-8-15)25-20(23)12-11-19(22)24-14-17(21)13-16-5-3-2-4-6-16/h2-12H,13-14H2,1H3/b12-11+. The van der Waals surface area contributed by atoms with Crippen molar-refractivity contribution in [2.75, 3.05) is 6.61 Å². The van der Waals surface area contributed by atoms with Crippen molar-refractivity contribution in [3.8, 4) is 5.75 Å². The minimum Gasteiger partial charge on any atom is -0.455 e. The Morgan fingerprint density at radius 1 is 0.880 bits per heavy atom. The fraction of sp³-hybridized carbons (Fsp3) is 0.150. The number of rotatable bonds is 7. The molecule has 0 spiro atoms. The molecule has 5 heteroatoms. The molecule has 0 saturated carbocycles. The fourth-order valence-electron chi connectivity index (χ4n) is 1.97. The van der Waals surface area contributed by atoms with E-state index < -0.39 is 11.9 Å². The van der Waals surface area contributed by atoms with Crippen LogP contribution in [0.1, 0.15) is 11.1 Å². The van der Waals surface area contributed by atoms with Gasteiger partial charge in [0.15, 0.2) is 12.4 Å². The largest absolute Gasteiger partial charge is 0.455 e. The number of esters is 2. The van der Waals surface area contributed by atoms with Gasteiger partial charge in [0.25, 0.3) is 0 Å². The van der Waals surface area contributed by atoms with E-state index in [0.717, 1.165) is 23.3 Å². The lowest BCUT2D eigenvalue weighted by Gasteiger charge is -2.02. The summed E-state index contributed by atoms with van der Waals surface area (Å²) in [4.78, 5) is 34.9. The van der Waals surface area contributed by atoms with Crippen LogP contribution in [0.2, 0.25) is 0 Å². The molecule has 0 bridgehead atoms. The van der Waals surface area contributed by atoms with Gasteiger partial charge in [0.05, 0.1) is 0 Å². The molecule has 128 valence electrons. The molecule has 0 aliphatic rings. The highest BCUT2D eigenvalue weighted by Gasteiger charge is 2.07. The van der Waals surface area contributed by atoms with E-state index in [1.165, 1.54) is 0 Å². The van der Waals surface area contributed by atoms with Crippen molar-refractivity contribution in [3.63, 3.8) is 0 Å². The van der Waals surface area contributed by atoms with Crippen molar-refractivity contribution in [3.05, 3.63) is 77.9 Å². The Morgan fingerprint density at radius 2 is 1.52 bits per heavy atom. The average Bonchev–Trinajstić information content (AvgIpc) is 2.61. The molecular formula is C20H18O5. The van der Waals surface area contributed by atoms with E-state index >= 15 is 0 Å². The number of carbonyl (C=O) groups is 3. The van der Waals surface area contributed by atoms with E-state index in [2.05, 4.69) is 0 Å². The number of Topliss-reactive ketones (excluding diaryl/α,β-unsaturated/α-hetero) is 1. The first-order valence-corrected chi connectivity index (χ1v) is 7.72. The van der Waals surface area contributed by atoms with Gasteiger partial charge in [-0.15, -0.1) is 0 Å². The van der Waals surface area contributed by atoms with E-state index in [4.69, 9.17) is 9.47 Å². The van der Waals surface area contributed by atoms with Gasteiger partial charge in [0, 0.05) is 18.6 Å². The van der Waals surface area contributed by atoms with Crippen molar-refractivity contribution in [1.82, 2.24) is 0 Å². The molecule has 5 nitrogen and oxygen atoms in total. The van der Waals surface area contributed by atoms with Crippen LogP contribution in [0.25, 0.3) is 0 Å². The minimum absolute atomic E-state index is 0.188. The summed E-state index contributed by atoms with van der Waals surface area (Å²) in [6.45, 7) is 1.58. The molecule has 0 fully saturated rings. The lowest BCUT2D eigenvalue weighted by atomic mass is 10.1. The number of hydrogen-bond acceptors (Lipinski definition) is 5. The monoisotopic (exact) mass is 338 g/mol. The van der Waals surface area contributed by atoms with E-state index in [1.807, 2.05) is 37.3 Å². The van der Waals surface area contributed by atoms with Gasteiger partial charge < -0.3 is 9.47 Å². The second-order valence-electron chi connectivity index (χ2n) is 5.38. The Hall–Kier alpha value is -3.21. The van der Waals surface area contributed by atoms with Crippen molar-refractivity contribution < 1.29 is 23.9 Å². The molecule has 0 aliphatic carbocycles. The molecule has 0 unspecified atom stereocenters. The summed E-state index contributed by atoms with van der Waals surface area (Å²) in [5.74, 6) is -1.32. The molecule has 0 aromatic heterocycles. The van der Waals surface area contributed by atoms with E-state index in [1.54, 1.807) is 24.3 Å². The summed E-state index contributed by atoms with van der Waals surface area (Å²) in [7, 11) is 0. The van der Waals surface area contributed by atoms with E-state index in [-0.39, 0.29) is 18.8 Å². The first kappa shape index (κ1) is 18.1. The number of aryl methyl sites for hydroxylation is 1. The average molecular weight is 338 g/mol. The molecule has 0 amide bonds. The normalized spacial score (nSPS) is 10.4. The molecule has 0 N–H and O–H groups in total. The second-order valence-corrected chi connectivity index (χ2v) is 5.38. The lowest BCUT2D eigenvalue weighted by molar-refractivity contribution is -0.143. The van der Waals surface area contributed by atoms with Crippen molar-refractivity contribution >= 4 is 17.7 Å². The maximum absolute atomic E-state index is 11.7. The molecule has 2 aromatic carbocycles. The van der Waals surface area contributed by atoms with E-state index in [9.17, 15) is 14.4 Å². The number of carbonyl (C=O) groups excluding carboxylic acids is 3. The SMILES string of the molecule is Cc1ccc(OC(=O)/C=C/C(=O)OCC(=O)Cc2ccccc2)cc1. The third-order valence-electron chi connectivity index (χ3n) is 3.21. The predicted octanol–water partition coefficient (Wildman–Crippen LogP) is 2.81. The van der Waals surface area contributed by atoms with Crippen LogP contribution in [0, 0.1) is 6.92 Å². The third kappa shape index (κ3) is 6.83. The Balaban J connectivity index is 1.73. The van der Waals surface area contributed by atoms with Crippen molar-refractivity contribution in [1.29, 1.82) is 0 Å². The highest BCUT2D eigenvalue weighted by molar-refractivity contribution is 5.93. The number of benzene rings is 2.